The lowest BCUT2D eigenvalue weighted by atomic mass is 10.1. The molecule has 1 heterocycles. The maximum atomic E-state index is 11.4. The topological polar surface area (TPSA) is 50.3 Å². The average molecular weight is 228 g/mol. The summed E-state index contributed by atoms with van der Waals surface area (Å²) in [6.45, 7) is 0. The highest BCUT2D eigenvalue weighted by Crippen LogP contribution is 2.14. The predicted molar refractivity (Wildman–Crippen MR) is 68.8 cm³/mol. The molecule has 0 saturated carbocycles. The molecule has 0 bridgehead atoms. The van der Waals surface area contributed by atoms with Gasteiger partial charge in [-0.2, -0.15) is 0 Å². The zero-order chi connectivity index (χ0) is 12.4. The van der Waals surface area contributed by atoms with Crippen molar-refractivity contribution in [2.24, 2.45) is 0 Å². The third kappa shape index (κ3) is 2.01. The zero-order valence-electron chi connectivity index (χ0n) is 9.68. The highest BCUT2D eigenvalue weighted by Gasteiger charge is 2.19. The molecule has 4 nitrogen and oxygen atoms in total. The van der Waals surface area contributed by atoms with Crippen molar-refractivity contribution in [2.75, 3.05) is 19.0 Å². The van der Waals surface area contributed by atoms with Gasteiger partial charge in [-0.05, 0) is 17.7 Å². The van der Waals surface area contributed by atoms with E-state index in [1.165, 1.54) is 0 Å². The van der Waals surface area contributed by atoms with E-state index in [-0.39, 0.29) is 0 Å². The summed E-state index contributed by atoms with van der Waals surface area (Å²) in [5, 5.41) is 0. The Labute approximate surface area is 98.5 Å². The van der Waals surface area contributed by atoms with Crippen LogP contribution in [0.4, 0.5) is 5.69 Å². The quantitative estimate of drug-likeness (QED) is 0.733. The summed E-state index contributed by atoms with van der Waals surface area (Å²) in [7, 11) is 3.50. The van der Waals surface area contributed by atoms with E-state index in [4.69, 9.17) is 0 Å². The monoisotopic (exact) mass is 228 g/mol. The molecule has 86 valence electrons. The number of aromatic nitrogens is 1. The molecule has 0 unspecified atom stereocenters. The average Bonchev–Trinajstić information content (AvgIpc) is 2.33. The Morgan fingerprint density at radius 1 is 1.18 bits per heavy atom. The summed E-state index contributed by atoms with van der Waals surface area (Å²) < 4.78 is 0. The van der Waals surface area contributed by atoms with Crippen molar-refractivity contribution in [3.05, 3.63) is 56.1 Å². The van der Waals surface area contributed by atoms with E-state index in [2.05, 4.69) is 4.98 Å². The van der Waals surface area contributed by atoms with Gasteiger partial charge in [-0.25, -0.2) is 0 Å². The molecule has 0 aliphatic carbocycles. The number of hydrogen-bond acceptors (Lipinski definition) is 4. The van der Waals surface area contributed by atoms with Crippen LogP contribution < -0.4 is 15.8 Å². The van der Waals surface area contributed by atoms with Crippen LogP contribution in [0.15, 0.2) is 34.1 Å². The summed E-state index contributed by atoms with van der Waals surface area (Å²) in [4.78, 5) is 28.4. The van der Waals surface area contributed by atoms with E-state index in [0.717, 1.165) is 5.56 Å². The minimum absolute atomic E-state index is 0.416. The molecule has 1 aromatic carbocycles. The smallest absolute Gasteiger partial charge is 0.250 e. The Hall–Kier alpha value is -2.23. The van der Waals surface area contributed by atoms with Gasteiger partial charge in [0, 0.05) is 26.5 Å². The number of hydrogen-bond donors (Lipinski definition) is 0. The molecular formula is C13H12N2O2. The molecule has 0 aliphatic heterocycles. The van der Waals surface area contributed by atoms with E-state index in [9.17, 15) is 9.59 Å². The summed E-state index contributed by atoms with van der Waals surface area (Å²) in [6, 6.07) is 3.69. The molecule has 0 spiro atoms. The first kappa shape index (κ1) is 11.3. The van der Waals surface area contributed by atoms with Gasteiger partial charge in [-0.3, -0.25) is 14.6 Å². The second kappa shape index (κ2) is 4.33. The van der Waals surface area contributed by atoms with Crippen molar-refractivity contribution < 1.29 is 0 Å². The lowest BCUT2D eigenvalue weighted by Crippen LogP contribution is -2.39. The Morgan fingerprint density at radius 2 is 1.94 bits per heavy atom. The Balaban J connectivity index is 2.32. The van der Waals surface area contributed by atoms with Crippen molar-refractivity contribution in [2.45, 2.75) is 0 Å². The summed E-state index contributed by atoms with van der Waals surface area (Å²) in [5.41, 5.74) is 0.985. The van der Waals surface area contributed by atoms with Gasteiger partial charge in [0.2, 0.25) is 10.9 Å². The van der Waals surface area contributed by atoms with Crippen LogP contribution >= 0.6 is 0 Å². The van der Waals surface area contributed by atoms with E-state index in [1.807, 2.05) is 12.1 Å². The van der Waals surface area contributed by atoms with E-state index in [1.54, 1.807) is 43.5 Å². The molecule has 0 saturated heterocycles. The minimum Gasteiger partial charge on any atom is -0.374 e. The maximum absolute atomic E-state index is 11.4. The van der Waals surface area contributed by atoms with Crippen molar-refractivity contribution in [1.29, 1.82) is 0 Å². The first-order chi connectivity index (χ1) is 8.11. The molecule has 1 aromatic heterocycles. The molecule has 0 fully saturated rings. The van der Waals surface area contributed by atoms with Crippen molar-refractivity contribution in [3.63, 3.8) is 0 Å². The normalized spacial score (nSPS) is 11.2. The van der Waals surface area contributed by atoms with Crippen LogP contribution in [-0.2, 0) is 0 Å². The lowest BCUT2D eigenvalue weighted by molar-refractivity contribution is 1.09. The second-order valence-corrected chi connectivity index (χ2v) is 3.93. The Morgan fingerprint density at radius 3 is 2.53 bits per heavy atom. The zero-order valence-corrected chi connectivity index (χ0v) is 9.68. The molecule has 0 radical (unpaired) electrons. The van der Waals surface area contributed by atoms with Gasteiger partial charge in [0.25, 0.3) is 0 Å². The molecular weight excluding hydrogens is 216 g/mol. The number of anilines is 1. The highest BCUT2D eigenvalue weighted by molar-refractivity contribution is 5.79. The van der Waals surface area contributed by atoms with Crippen LogP contribution in [-0.4, -0.2) is 19.1 Å². The maximum Gasteiger partial charge on any atom is 0.250 e. The first-order valence-corrected chi connectivity index (χ1v) is 5.20. The van der Waals surface area contributed by atoms with Crippen molar-refractivity contribution in [3.8, 4) is 0 Å². The fraction of sp³-hybridized carbons (Fsp3) is 0.154. The van der Waals surface area contributed by atoms with Gasteiger partial charge in [0.05, 0.1) is 11.3 Å². The second-order valence-electron chi connectivity index (χ2n) is 3.93. The molecule has 2 rings (SSSR count). The summed E-state index contributed by atoms with van der Waals surface area (Å²) in [6.07, 6.45) is 6.81. The summed E-state index contributed by atoms with van der Waals surface area (Å²) in [5.74, 6) is 0. The molecule has 4 heteroatoms. The fourth-order valence-corrected chi connectivity index (χ4v) is 1.65. The van der Waals surface area contributed by atoms with Gasteiger partial charge in [-0.1, -0.05) is 12.1 Å². The van der Waals surface area contributed by atoms with E-state index < -0.39 is 10.9 Å². The molecule has 0 amide bonds. The van der Waals surface area contributed by atoms with Gasteiger partial charge in [-0.15, -0.1) is 0 Å². The molecule has 17 heavy (non-hydrogen) atoms. The minimum atomic E-state index is -0.422. The van der Waals surface area contributed by atoms with Crippen LogP contribution in [0.1, 0.15) is 11.1 Å². The predicted octanol–water partition coefficient (Wildman–Crippen LogP) is 0.914. The van der Waals surface area contributed by atoms with Crippen LogP contribution in [0, 0.1) is 0 Å². The van der Waals surface area contributed by atoms with E-state index >= 15 is 0 Å². The third-order valence-corrected chi connectivity index (χ3v) is 2.50. The molecule has 0 aliphatic rings. The van der Waals surface area contributed by atoms with Gasteiger partial charge in [0.15, 0.2) is 0 Å². The first-order valence-electron chi connectivity index (χ1n) is 5.20. The molecule has 0 N–H and O–H groups in total. The van der Waals surface area contributed by atoms with Crippen LogP contribution in [0.25, 0.3) is 12.2 Å². The molecule has 0 atom stereocenters. The largest absolute Gasteiger partial charge is 0.374 e. The number of rotatable bonds is 3. The fourth-order valence-electron chi connectivity index (χ4n) is 1.65. The number of nitrogens with zero attached hydrogens (tertiary/aromatic N) is 2. The Kier molecular flexibility index (Phi) is 2.87. The van der Waals surface area contributed by atoms with E-state index in [0.29, 0.717) is 11.3 Å². The Bertz CT molecular complexity index is 620. The van der Waals surface area contributed by atoms with Crippen molar-refractivity contribution >= 4 is 17.8 Å². The SMILES string of the molecule is CN(C)c1c(C=Cc2cccnc2)c(=O)c1=O. The van der Waals surface area contributed by atoms with Crippen molar-refractivity contribution in [1.82, 2.24) is 4.98 Å². The summed E-state index contributed by atoms with van der Waals surface area (Å²) >= 11 is 0. The standard InChI is InChI=1S/C13H12N2O2/c1-15(2)11-10(12(16)13(11)17)6-5-9-4-3-7-14-8-9/h3-8H,1-2H3. The lowest BCUT2D eigenvalue weighted by Gasteiger charge is -2.15. The van der Waals surface area contributed by atoms with Gasteiger partial charge < -0.3 is 4.90 Å². The number of pyridine rings is 1. The highest BCUT2D eigenvalue weighted by atomic mass is 16.2. The van der Waals surface area contributed by atoms with Gasteiger partial charge in [0.1, 0.15) is 0 Å². The van der Waals surface area contributed by atoms with Crippen LogP contribution in [0.5, 0.6) is 0 Å². The molecule has 2 aromatic rings. The van der Waals surface area contributed by atoms with Crippen LogP contribution in [0.2, 0.25) is 0 Å². The third-order valence-electron chi connectivity index (χ3n) is 2.50. The van der Waals surface area contributed by atoms with Gasteiger partial charge >= 0.3 is 0 Å². The van der Waals surface area contributed by atoms with Crippen LogP contribution in [0.3, 0.4) is 0 Å².